The van der Waals surface area contributed by atoms with E-state index < -0.39 is 8.10 Å². The van der Waals surface area contributed by atoms with Crippen molar-refractivity contribution in [1.29, 1.82) is 0 Å². The summed E-state index contributed by atoms with van der Waals surface area (Å²) in [6.07, 6.45) is 23.3. The Kier molecular flexibility index (Phi) is 4.45. The molecule has 1 saturated heterocycles. The molecule has 4 heteroatoms. The second-order valence-electron chi connectivity index (χ2n) is 14.7. The van der Waals surface area contributed by atoms with Crippen molar-refractivity contribution in [1.82, 2.24) is 9.34 Å². The third-order valence-corrected chi connectivity index (χ3v) is 14.0. The highest BCUT2D eigenvalue weighted by Gasteiger charge is 2.63. The van der Waals surface area contributed by atoms with Gasteiger partial charge in [-0.15, -0.1) is 0 Å². The van der Waals surface area contributed by atoms with Crippen molar-refractivity contribution in [2.45, 2.75) is 115 Å². The molecule has 0 radical (unpaired) electrons. The number of hydrogen-bond acceptors (Lipinski definition) is 1. The van der Waals surface area contributed by atoms with E-state index in [2.05, 4.69) is 9.34 Å². The van der Waals surface area contributed by atoms with Crippen molar-refractivity contribution < 1.29 is 4.57 Å². The number of fused-ring (bicyclic) bond motifs is 1. The van der Waals surface area contributed by atoms with Crippen molar-refractivity contribution in [3.05, 3.63) is 0 Å². The number of rotatable bonds is 4. The van der Waals surface area contributed by atoms with Gasteiger partial charge < -0.3 is 0 Å². The number of hydrogen-bond donors (Lipinski definition) is 0. The average molecular weight is 456 g/mol. The summed E-state index contributed by atoms with van der Waals surface area (Å²) in [7, 11) is -1.33. The van der Waals surface area contributed by atoms with E-state index in [9.17, 15) is 4.57 Å². The van der Waals surface area contributed by atoms with E-state index in [1.165, 1.54) is 116 Å². The molecule has 10 aliphatic rings. The molecule has 0 unspecified atom stereocenters. The lowest BCUT2D eigenvalue weighted by Crippen LogP contribution is -2.52. The minimum Gasteiger partial charge on any atom is -0.0736 e. The molecule has 2 atom stereocenters. The molecular formula is C28H44N2OP+. The molecule has 9 aliphatic carbocycles. The van der Waals surface area contributed by atoms with Gasteiger partial charge in [0.2, 0.25) is 0 Å². The molecule has 1 aliphatic heterocycles. The van der Waals surface area contributed by atoms with Crippen LogP contribution in [0.4, 0.5) is 0 Å². The van der Waals surface area contributed by atoms with E-state index in [4.69, 9.17) is 0 Å². The van der Waals surface area contributed by atoms with Gasteiger partial charge in [0.05, 0.1) is 25.2 Å². The van der Waals surface area contributed by atoms with Gasteiger partial charge in [-0.3, -0.25) is 0 Å². The van der Waals surface area contributed by atoms with Crippen LogP contribution in [0.5, 0.6) is 0 Å². The van der Waals surface area contributed by atoms with Crippen LogP contribution in [0.25, 0.3) is 0 Å². The fourth-order valence-electron chi connectivity index (χ4n) is 12.2. The largest absolute Gasteiger partial charge is 0.538 e. The van der Waals surface area contributed by atoms with Crippen molar-refractivity contribution in [3.63, 3.8) is 0 Å². The van der Waals surface area contributed by atoms with E-state index in [1.54, 1.807) is 0 Å². The second-order valence-corrected chi connectivity index (χ2v) is 16.2. The normalized spacial score (nSPS) is 57.4. The molecule has 8 bridgehead atoms. The minimum atomic E-state index is -1.33. The van der Waals surface area contributed by atoms with E-state index in [-0.39, 0.29) is 0 Å². The van der Waals surface area contributed by atoms with Crippen LogP contribution in [0, 0.1) is 46.3 Å². The predicted octanol–water partition coefficient (Wildman–Crippen LogP) is 7.01. The van der Waals surface area contributed by atoms with Gasteiger partial charge in [-0.2, -0.15) is 0 Å². The minimum absolute atomic E-state index is 0.526. The lowest BCUT2D eigenvalue weighted by Gasteiger charge is -2.57. The van der Waals surface area contributed by atoms with Gasteiger partial charge in [-0.05, 0) is 141 Å². The van der Waals surface area contributed by atoms with Crippen LogP contribution < -0.4 is 0 Å². The van der Waals surface area contributed by atoms with Crippen LogP contribution in [0.2, 0.25) is 0 Å². The quantitative estimate of drug-likeness (QED) is 0.426. The van der Waals surface area contributed by atoms with Crippen LogP contribution in [0.1, 0.15) is 103 Å². The maximum absolute atomic E-state index is 14.3. The topological polar surface area (TPSA) is 23.6 Å². The molecule has 0 spiro atoms. The van der Waals surface area contributed by atoms with Crippen molar-refractivity contribution >= 4 is 8.10 Å². The summed E-state index contributed by atoms with van der Waals surface area (Å²) in [5, 5.41) is 0. The Morgan fingerprint density at radius 3 is 1.19 bits per heavy atom. The summed E-state index contributed by atoms with van der Waals surface area (Å²) in [4.78, 5) is 0. The van der Waals surface area contributed by atoms with Gasteiger partial charge >= 0.3 is 8.10 Å². The molecule has 0 aromatic rings. The SMILES string of the molecule is O=[P+]1N(CC23CC4CC(CC(C4)C2)C3)[C@@H]2CCCC[C@H]2N1CC12CC3CC(CC(C3)C1)C2. The predicted molar refractivity (Wildman–Crippen MR) is 128 cm³/mol. The maximum atomic E-state index is 14.3. The first-order valence-electron chi connectivity index (χ1n) is 14.6. The van der Waals surface area contributed by atoms with E-state index >= 15 is 0 Å². The van der Waals surface area contributed by atoms with Crippen LogP contribution in [-0.2, 0) is 4.57 Å². The zero-order valence-corrected chi connectivity index (χ0v) is 21.0. The van der Waals surface area contributed by atoms with E-state index in [1.807, 2.05) is 0 Å². The Morgan fingerprint density at radius 1 is 0.562 bits per heavy atom. The van der Waals surface area contributed by atoms with Crippen molar-refractivity contribution in [2.24, 2.45) is 46.3 Å². The van der Waals surface area contributed by atoms with Gasteiger partial charge in [0.15, 0.2) is 0 Å². The molecule has 1 heterocycles. The van der Waals surface area contributed by atoms with Gasteiger partial charge in [-0.1, -0.05) is 22.2 Å². The van der Waals surface area contributed by atoms with E-state index in [0.717, 1.165) is 35.5 Å². The fraction of sp³-hybridized carbons (Fsp3) is 1.00. The highest BCUT2D eigenvalue weighted by molar-refractivity contribution is 7.39. The molecule has 0 amide bonds. The van der Waals surface area contributed by atoms with Crippen LogP contribution in [-0.4, -0.2) is 34.5 Å². The lowest BCUT2D eigenvalue weighted by atomic mass is 9.49. The first kappa shape index (κ1) is 20.2. The Hall–Kier alpha value is 0.0200. The summed E-state index contributed by atoms with van der Waals surface area (Å²) >= 11 is 0. The molecule has 176 valence electrons. The summed E-state index contributed by atoms with van der Waals surface area (Å²) in [5.41, 5.74) is 1.05. The van der Waals surface area contributed by atoms with Crippen LogP contribution in [0.3, 0.4) is 0 Å². The molecule has 32 heavy (non-hydrogen) atoms. The summed E-state index contributed by atoms with van der Waals surface area (Å²) in [6, 6.07) is 1.21. The number of nitrogens with zero attached hydrogens (tertiary/aromatic N) is 2. The van der Waals surface area contributed by atoms with E-state index in [0.29, 0.717) is 22.9 Å². The third kappa shape index (κ3) is 3.05. The molecule has 3 nitrogen and oxygen atoms in total. The standard InChI is InChI=1S/C28H44N2OP/c31-32-29(17-27-11-19-5-20(12-27)7-21(6-19)13-27)25-3-1-2-4-26(25)30(32)18-28-14-22-8-23(15-28)10-24(9-22)16-28/h19-26H,1-18H2/q+1/t19?,20?,21?,22?,23?,24?,25-,26-,27?,28?/m1/s1. The summed E-state index contributed by atoms with van der Waals surface area (Å²) in [6.45, 7) is 2.37. The highest BCUT2D eigenvalue weighted by Crippen LogP contribution is 2.65. The summed E-state index contributed by atoms with van der Waals surface area (Å²) in [5.74, 6) is 6.04. The Morgan fingerprint density at radius 2 is 0.875 bits per heavy atom. The second kappa shape index (κ2) is 7.04. The molecule has 0 aromatic heterocycles. The molecule has 9 saturated carbocycles. The smallest absolute Gasteiger partial charge is 0.0736 e. The van der Waals surface area contributed by atoms with Gasteiger partial charge in [-0.25, -0.2) is 0 Å². The third-order valence-electron chi connectivity index (χ3n) is 12.2. The first-order chi connectivity index (χ1) is 15.6. The van der Waals surface area contributed by atoms with Gasteiger partial charge in [0, 0.05) is 0 Å². The van der Waals surface area contributed by atoms with Gasteiger partial charge in [0.25, 0.3) is 0 Å². The van der Waals surface area contributed by atoms with Crippen LogP contribution >= 0.6 is 8.10 Å². The zero-order chi connectivity index (χ0) is 21.1. The van der Waals surface area contributed by atoms with Crippen molar-refractivity contribution in [3.8, 4) is 0 Å². The molecular weight excluding hydrogens is 411 g/mol. The fourth-order valence-corrected chi connectivity index (χ4v) is 14.4. The Labute approximate surface area is 196 Å². The lowest BCUT2D eigenvalue weighted by molar-refractivity contribution is -0.0663. The Balaban J connectivity index is 1.06. The van der Waals surface area contributed by atoms with Crippen molar-refractivity contribution in [2.75, 3.05) is 13.1 Å². The molecule has 10 rings (SSSR count). The summed E-state index contributed by atoms with van der Waals surface area (Å²) < 4.78 is 19.6. The average Bonchev–Trinajstić information content (AvgIpc) is 2.97. The molecule has 0 aromatic carbocycles. The Bertz CT molecular complexity index is 675. The van der Waals surface area contributed by atoms with Crippen LogP contribution in [0.15, 0.2) is 0 Å². The zero-order valence-electron chi connectivity index (χ0n) is 20.1. The first-order valence-corrected chi connectivity index (χ1v) is 15.7. The molecule has 10 fully saturated rings. The monoisotopic (exact) mass is 455 g/mol. The van der Waals surface area contributed by atoms with Gasteiger partial charge in [0.1, 0.15) is 0 Å². The molecule has 0 N–H and O–H groups in total. The highest BCUT2D eigenvalue weighted by atomic mass is 31.1. The maximum Gasteiger partial charge on any atom is 0.538 e.